The van der Waals surface area contributed by atoms with Crippen LogP contribution in [0.3, 0.4) is 0 Å². The minimum absolute atomic E-state index is 0.226. The standard InChI is InChI=1S/C13H20NO5P/c1-4-18-20(16,19-5-2)10-13(15)14-11-7-6-8-12(9-11)17-3/h6-9H,4-5,10H2,1-3H3,(H,14,15). The van der Waals surface area contributed by atoms with Gasteiger partial charge in [0.1, 0.15) is 11.9 Å². The number of methoxy groups -OCH3 is 1. The molecule has 112 valence electrons. The van der Waals surface area contributed by atoms with E-state index in [-0.39, 0.29) is 19.4 Å². The summed E-state index contributed by atoms with van der Waals surface area (Å²) in [5, 5.41) is 2.64. The Kier molecular flexibility index (Phi) is 6.71. The summed E-state index contributed by atoms with van der Waals surface area (Å²) in [6.45, 7) is 3.85. The van der Waals surface area contributed by atoms with Crippen LogP contribution in [-0.4, -0.2) is 32.4 Å². The van der Waals surface area contributed by atoms with Crippen molar-refractivity contribution in [3.05, 3.63) is 24.3 Å². The zero-order valence-electron chi connectivity index (χ0n) is 11.9. The second-order valence-electron chi connectivity index (χ2n) is 3.88. The van der Waals surface area contributed by atoms with Crippen molar-refractivity contribution in [2.75, 3.05) is 31.8 Å². The molecule has 0 heterocycles. The molecule has 1 amide bonds. The molecule has 1 aromatic rings. The first-order chi connectivity index (χ1) is 9.53. The van der Waals surface area contributed by atoms with Crippen molar-refractivity contribution >= 4 is 19.2 Å². The van der Waals surface area contributed by atoms with E-state index in [0.717, 1.165) is 0 Å². The van der Waals surface area contributed by atoms with Crippen LogP contribution >= 0.6 is 7.60 Å². The van der Waals surface area contributed by atoms with Gasteiger partial charge in [-0.05, 0) is 26.0 Å². The van der Waals surface area contributed by atoms with Crippen LogP contribution in [0.4, 0.5) is 5.69 Å². The largest absolute Gasteiger partial charge is 0.497 e. The number of anilines is 1. The molecule has 1 N–H and O–H groups in total. The molecule has 0 aliphatic carbocycles. The maximum absolute atomic E-state index is 12.2. The van der Waals surface area contributed by atoms with E-state index in [1.807, 2.05) is 0 Å². The molecule has 20 heavy (non-hydrogen) atoms. The third kappa shape index (κ3) is 5.33. The molecule has 0 atom stereocenters. The van der Waals surface area contributed by atoms with Crippen molar-refractivity contribution in [1.29, 1.82) is 0 Å². The van der Waals surface area contributed by atoms with Gasteiger partial charge < -0.3 is 19.1 Å². The minimum atomic E-state index is -3.37. The summed E-state index contributed by atoms with van der Waals surface area (Å²) in [6, 6.07) is 6.90. The molecule has 1 rings (SSSR count). The molecular weight excluding hydrogens is 281 g/mol. The molecule has 0 spiro atoms. The summed E-state index contributed by atoms with van der Waals surface area (Å²) in [6.07, 6.45) is -0.314. The van der Waals surface area contributed by atoms with Gasteiger partial charge in [0.2, 0.25) is 5.91 Å². The molecule has 1 aromatic carbocycles. The van der Waals surface area contributed by atoms with Gasteiger partial charge in [0.15, 0.2) is 0 Å². The first kappa shape index (κ1) is 16.7. The van der Waals surface area contributed by atoms with E-state index in [1.54, 1.807) is 45.2 Å². The van der Waals surface area contributed by atoms with Crippen molar-refractivity contribution in [3.63, 3.8) is 0 Å². The Bertz CT molecular complexity index is 481. The molecule has 6 nitrogen and oxygen atoms in total. The van der Waals surface area contributed by atoms with Crippen LogP contribution in [0.25, 0.3) is 0 Å². The number of benzene rings is 1. The third-order valence-electron chi connectivity index (χ3n) is 2.34. The summed E-state index contributed by atoms with van der Waals surface area (Å²) in [7, 11) is -1.83. The number of nitrogens with one attached hydrogen (secondary N) is 1. The lowest BCUT2D eigenvalue weighted by molar-refractivity contribution is -0.114. The van der Waals surface area contributed by atoms with Crippen molar-refractivity contribution in [3.8, 4) is 5.75 Å². The lowest BCUT2D eigenvalue weighted by atomic mass is 10.3. The topological polar surface area (TPSA) is 73.9 Å². The Labute approximate surface area is 119 Å². The average molecular weight is 301 g/mol. The lowest BCUT2D eigenvalue weighted by Gasteiger charge is -2.16. The predicted molar refractivity (Wildman–Crippen MR) is 77.3 cm³/mol. The van der Waals surface area contributed by atoms with Crippen LogP contribution in [-0.2, 0) is 18.4 Å². The maximum atomic E-state index is 12.2. The van der Waals surface area contributed by atoms with E-state index in [1.165, 1.54) is 0 Å². The molecule has 7 heteroatoms. The zero-order valence-corrected chi connectivity index (χ0v) is 12.8. The molecule has 0 aliphatic heterocycles. The van der Waals surface area contributed by atoms with Gasteiger partial charge in [0.05, 0.1) is 20.3 Å². The van der Waals surface area contributed by atoms with Crippen molar-refractivity contribution in [2.45, 2.75) is 13.8 Å². The van der Waals surface area contributed by atoms with E-state index in [0.29, 0.717) is 11.4 Å². The number of hydrogen-bond donors (Lipinski definition) is 1. The van der Waals surface area contributed by atoms with Crippen LogP contribution < -0.4 is 10.1 Å². The number of carbonyl (C=O) groups excluding carboxylic acids is 1. The normalized spacial score (nSPS) is 11.2. The Balaban J connectivity index is 2.67. The van der Waals surface area contributed by atoms with E-state index in [9.17, 15) is 9.36 Å². The van der Waals surface area contributed by atoms with Crippen molar-refractivity contribution in [2.24, 2.45) is 0 Å². The summed E-state index contributed by atoms with van der Waals surface area (Å²) >= 11 is 0. The van der Waals surface area contributed by atoms with Gasteiger partial charge in [-0.25, -0.2) is 0 Å². The van der Waals surface area contributed by atoms with Gasteiger partial charge in [-0.1, -0.05) is 6.07 Å². The Morgan fingerprint density at radius 2 is 1.90 bits per heavy atom. The van der Waals surface area contributed by atoms with Gasteiger partial charge in [-0.2, -0.15) is 0 Å². The van der Waals surface area contributed by atoms with Crippen molar-refractivity contribution in [1.82, 2.24) is 0 Å². The van der Waals surface area contributed by atoms with E-state index < -0.39 is 13.5 Å². The number of hydrogen-bond acceptors (Lipinski definition) is 5. The molecule has 0 radical (unpaired) electrons. The molecule has 0 aromatic heterocycles. The SMILES string of the molecule is CCOP(=O)(CC(=O)Nc1cccc(OC)c1)OCC. The fourth-order valence-corrected chi connectivity index (χ4v) is 3.07. The first-order valence-electron chi connectivity index (χ1n) is 6.35. The Morgan fingerprint density at radius 3 is 2.45 bits per heavy atom. The smallest absolute Gasteiger partial charge is 0.340 e. The molecular formula is C13H20NO5P. The first-order valence-corrected chi connectivity index (χ1v) is 8.07. The molecule has 0 aliphatic rings. The summed E-state index contributed by atoms with van der Waals surface area (Å²) in [5.41, 5.74) is 0.564. The van der Waals surface area contributed by atoms with Crippen LogP contribution in [0, 0.1) is 0 Å². The number of rotatable bonds is 8. The maximum Gasteiger partial charge on any atom is 0.340 e. The Hall–Kier alpha value is -1.36. The third-order valence-corrected chi connectivity index (χ3v) is 4.32. The van der Waals surface area contributed by atoms with Crippen molar-refractivity contribution < 1.29 is 23.1 Å². The number of ether oxygens (including phenoxy) is 1. The monoisotopic (exact) mass is 301 g/mol. The molecule has 0 unspecified atom stereocenters. The zero-order chi connectivity index (χ0) is 15.0. The van der Waals surface area contributed by atoms with Crippen LogP contribution in [0.5, 0.6) is 5.75 Å². The highest BCUT2D eigenvalue weighted by atomic mass is 31.2. The summed E-state index contributed by atoms with van der Waals surface area (Å²) in [4.78, 5) is 11.9. The molecule has 0 saturated carbocycles. The van der Waals surface area contributed by atoms with Crippen LogP contribution in [0.2, 0.25) is 0 Å². The van der Waals surface area contributed by atoms with Gasteiger partial charge in [-0.3, -0.25) is 9.36 Å². The van der Waals surface area contributed by atoms with Gasteiger partial charge >= 0.3 is 7.60 Å². The number of amides is 1. The highest BCUT2D eigenvalue weighted by molar-refractivity contribution is 7.54. The van der Waals surface area contributed by atoms with Gasteiger partial charge in [0, 0.05) is 11.8 Å². The molecule has 0 bridgehead atoms. The van der Waals surface area contributed by atoms with E-state index in [2.05, 4.69) is 5.32 Å². The summed E-state index contributed by atoms with van der Waals surface area (Å²) < 4.78 is 27.4. The van der Waals surface area contributed by atoms with E-state index in [4.69, 9.17) is 13.8 Å². The molecule has 0 saturated heterocycles. The van der Waals surface area contributed by atoms with Crippen LogP contribution in [0.15, 0.2) is 24.3 Å². The lowest BCUT2D eigenvalue weighted by Crippen LogP contribution is -2.18. The second kappa shape index (κ2) is 8.04. The fourth-order valence-electron chi connectivity index (χ4n) is 1.60. The second-order valence-corrected chi connectivity index (χ2v) is 5.94. The quantitative estimate of drug-likeness (QED) is 0.747. The molecule has 0 fully saturated rings. The number of carbonyl (C=O) groups is 1. The minimum Gasteiger partial charge on any atom is -0.497 e. The van der Waals surface area contributed by atoms with Gasteiger partial charge in [0.25, 0.3) is 0 Å². The van der Waals surface area contributed by atoms with E-state index >= 15 is 0 Å². The highest BCUT2D eigenvalue weighted by Gasteiger charge is 2.27. The fraction of sp³-hybridized carbons (Fsp3) is 0.462. The predicted octanol–water partition coefficient (Wildman–Crippen LogP) is 2.90. The van der Waals surface area contributed by atoms with Gasteiger partial charge in [-0.15, -0.1) is 0 Å². The average Bonchev–Trinajstić information content (AvgIpc) is 2.38. The summed E-state index contributed by atoms with van der Waals surface area (Å²) in [5.74, 6) is 0.198. The Morgan fingerprint density at radius 1 is 1.25 bits per heavy atom. The highest BCUT2D eigenvalue weighted by Crippen LogP contribution is 2.47. The van der Waals surface area contributed by atoms with Crippen LogP contribution in [0.1, 0.15) is 13.8 Å².